The van der Waals surface area contributed by atoms with E-state index in [4.69, 9.17) is 9.84 Å². The van der Waals surface area contributed by atoms with Crippen LogP contribution in [0.2, 0.25) is 0 Å². The molecule has 0 aliphatic heterocycles. The van der Waals surface area contributed by atoms with Gasteiger partial charge >= 0.3 is 5.97 Å². The van der Waals surface area contributed by atoms with E-state index in [1.54, 1.807) is 30.3 Å². The average molecular weight is 519 g/mol. The molecule has 0 atom stereocenters. The Kier molecular flexibility index (Phi) is 7.85. The zero-order chi connectivity index (χ0) is 25.9. The summed E-state index contributed by atoms with van der Waals surface area (Å²) in [6.07, 6.45) is 4.25. The maximum absolute atomic E-state index is 15.0. The van der Waals surface area contributed by atoms with Crippen molar-refractivity contribution in [3.05, 3.63) is 60.2 Å². The van der Waals surface area contributed by atoms with E-state index in [9.17, 15) is 22.0 Å². The number of ether oxygens (including phenoxy) is 1. The molecule has 0 unspecified atom stereocenters. The average Bonchev–Trinajstić information content (AvgIpc) is 3.22. The summed E-state index contributed by atoms with van der Waals surface area (Å²) in [6.45, 7) is 0.352. The molecule has 2 aromatic carbocycles. The quantitative estimate of drug-likeness (QED) is 0.437. The molecule has 1 aromatic heterocycles. The summed E-state index contributed by atoms with van der Waals surface area (Å²) >= 11 is 0. The molecule has 1 saturated carbocycles. The van der Waals surface area contributed by atoms with Crippen LogP contribution in [-0.2, 0) is 25.9 Å². The van der Waals surface area contributed by atoms with Gasteiger partial charge in [0.2, 0.25) is 0 Å². The van der Waals surface area contributed by atoms with Gasteiger partial charge in [-0.2, -0.15) is 5.10 Å². The van der Waals surface area contributed by atoms with E-state index in [2.05, 4.69) is 5.10 Å². The number of nitrogens with zero attached hydrogens (tertiary/aromatic N) is 2. The molecular weight excluding hydrogens is 490 g/mol. The van der Waals surface area contributed by atoms with Crippen LogP contribution in [0.5, 0.6) is 0 Å². The van der Waals surface area contributed by atoms with E-state index >= 15 is 0 Å². The molecule has 7 nitrogen and oxygen atoms in total. The van der Waals surface area contributed by atoms with Crippen molar-refractivity contribution in [2.24, 2.45) is 11.8 Å². The molecule has 0 saturated heterocycles. The summed E-state index contributed by atoms with van der Waals surface area (Å²) in [5, 5.41) is 13.2. The Hall–Kier alpha value is -3.11. The lowest BCUT2D eigenvalue weighted by Crippen LogP contribution is -2.24. The van der Waals surface area contributed by atoms with Crippen molar-refractivity contribution in [2.75, 3.05) is 19.5 Å². The second-order valence-electron chi connectivity index (χ2n) is 9.25. The summed E-state index contributed by atoms with van der Waals surface area (Å²) in [5.41, 5.74) is 0.770. The van der Waals surface area contributed by atoms with E-state index in [-0.39, 0.29) is 40.3 Å². The van der Waals surface area contributed by atoms with Crippen molar-refractivity contribution in [3.63, 3.8) is 0 Å². The summed E-state index contributed by atoms with van der Waals surface area (Å²) < 4.78 is 61.8. The summed E-state index contributed by atoms with van der Waals surface area (Å²) in [5.74, 6) is -2.84. The third-order valence-electron chi connectivity index (χ3n) is 6.50. The van der Waals surface area contributed by atoms with E-state index in [0.717, 1.165) is 38.0 Å². The highest BCUT2D eigenvalue weighted by molar-refractivity contribution is 7.90. The smallest absolute Gasteiger partial charge is 0.329 e. The monoisotopic (exact) mass is 518 g/mol. The zero-order valence-electron chi connectivity index (χ0n) is 19.9. The Bertz CT molecular complexity index is 1330. The highest BCUT2D eigenvalue weighted by Gasteiger charge is 2.31. The van der Waals surface area contributed by atoms with E-state index in [1.165, 1.54) is 16.8 Å². The van der Waals surface area contributed by atoms with Gasteiger partial charge in [-0.25, -0.2) is 22.0 Å². The Morgan fingerprint density at radius 2 is 1.72 bits per heavy atom. The first kappa shape index (κ1) is 26.0. The number of carboxylic acid groups (broad SMARTS) is 1. The Labute approximate surface area is 208 Å². The normalized spacial score (nSPS) is 18.3. The summed E-state index contributed by atoms with van der Waals surface area (Å²) in [4.78, 5) is 10.7. The second-order valence-corrected chi connectivity index (χ2v) is 11.2. The largest absolute Gasteiger partial charge is 0.480 e. The number of hydrogen-bond donors (Lipinski definition) is 1. The number of carboxylic acids is 1. The van der Waals surface area contributed by atoms with Gasteiger partial charge in [-0.3, -0.25) is 4.68 Å². The number of carbonyl (C=O) groups is 1. The maximum atomic E-state index is 15.0. The van der Waals surface area contributed by atoms with Gasteiger partial charge in [-0.05, 0) is 43.6 Å². The number of aromatic nitrogens is 2. The number of benzene rings is 2. The molecule has 0 radical (unpaired) electrons. The minimum atomic E-state index is -3.88. The molecular formula is C26H28F2N2O5S. The third-order valence-corrected chi connectivity index (χ3v) is 7.62. The fourth-order valence-electron chi connectivity index (χ4n) is 4.82. The molecule has 10 heteroatoms. The predicted octanol–water partition coefficient (Wildman–Crippen LogP) is 4.81. The van der Waals surface area contributed by atoms with Crippen LogP contribution in [0.1, 0.15) is 25.7 Å². The fraction of sp³-hybridized carbons (Fsp3) is 0.385. The molecule has 3 aromatic rings. The Morgan fingerprint density at radius 1 is 1.06 bits per heavy atom. The second kappa shape index (κ2) is 10.9. The van der Waals surface area contributed by atoms with Gasteiger partial charge in [0.1, 0.15) is 12.3 Å². The van der Waals surface area contributed by atoms with Gasteiger partial charge in [-0.15, -0.1) is 0 Å². The molecule has 0 spiro atoms. The predicted molar refractivity (Wildman–Crippen MR) is 130 cm³/mol. The van der Waals surface area contributed by atoms with Crippen molar-refractivity contribution in [2.45, 2.75) is 37.3 Å². The fourth-order valence-corrected chi connectivity index (χ4v) is 5.90. The first-order valence-electron chi connectivity index (χ1n) is 11.7. The number of rotatable bonds is 9. The Morgan fingerprint density at radius 3 is 2.36 bits per heavy atom. The van der Waals surface area contributed by atoms with Gasteiger partial charge < -0.3 is 9.84 Å². The van der Waals surface area contributed by atoms with E-state index in [0.29, 0.717) is 18.7 Å². The molecule has 0 bridgehead atoms. The van der Waals surface area contributed by atoms with Crippen LogP contribution < -0.4 is 0 Å². The van der Waals surface area contributed by atoms with Crippen LogP contribution in [0.25, 0.3) is 22.4 Å². The highest BCUT2D eigenvalue weighted by atomic mass is 32.2. The lowest BCUT2D eigenvalue weighted by molar-refractivity contribution is -0.142. The molecule has 1 aliphatic rings. The van der Waals surface area contributed by atoms with Gasteiger partial charge in [0.25, 0.3) is 0 Å². The number of aliphatic carboxylic acids is 1. The van der Waals surface area contributed by atoms with Crippen molar-refractivity contribution in [1.82, 2.24) is 9.78 Å². The topological polar surface area (TPSA) is 98.5 Å². The van der Waals surface area contributed by atoms with Crippen molar-refractivity contribution >= 4 is 15.8 Å². The molecule has 1 fully saturated rings. The SMILES string of the molecule is CS(=O)(=O)c1c(-c2cccc(F)c2F)c(-c2ccccc2)nn1C[C@H]1CC[C@H](COCC(=O)O)CC1. The van der Waals surface area contributed by atoms with Crippen LogP contribution in [-0.4, -0.2) is 48.7 Å². The van der Waals surface area contributed by atoms with E-state index < -0.39 is 27.4 Å². The first-order valence-corrected chi connectivity index (χ1v) is 13.6. The van der Waals surface area contributed by atoms with Gasteiger partial charge in [0, 0.05) is 29.5 Å². The van der Waals surface area contributed by atoms with Crippen LogP contribution >= 0.6 is 0 Å². The van der Waals surface area contributed by atoms with Gasteiger partial charge in [0.15, 0.2) is 26.5 Å². The van der Waals surface area contributed by atoms with Crippen LogP contribution in [0.15, 0.2) is 53.6 Å². The van der Waals surface area contributed by atoms with E-state index in [1.807, 2.05) is 0 Å². The first-order chi connectivity index (χ1) is 17.1. The molecule has 0 amide bonds. The molecule has 192 valence electrons. The van der Waals surface area contributed by atoms with Gasteiger partial charge in [0.05, 0.1) is 6.61 Å². The van der Waals surface area contributed by atoms with Crippen LogP contribution in [0.4, 0.5) is 8.78 Å². The minimum absolute atomic E-state index is 0.0523. The number of sulfone groups is 1. The van der Waals surface area contributed by atoms with Crippen molar-refractivity contribution in [3.8, 4) is 22.4 Å². The molecule has 36 heavy (non-hydrogen) atoms. The molecule has 1 aliphatic carbocycles. The summed E-state index contributed by atoms with van der Waals surface area (Å²) in [6, 6.07) is 12.6. The lowest BCUT2D eigenvalue weighted by Gasteiger charge is -2.28. The number of halogens is 2. The molecule has 4 rings (SSSR count). The lowest BCUT2D eigenvalue weighted by atomic mass is 9.82. The summed E-state index contributed by atoms with van der Waals surface area (Å²) in [7, 11) is -3.88. The molecule has 1 heterocycles. The van der Waals surface area contributed by atoms with Crippen molar-refractivity contribution < 1.29 is 31.8 Å². The third kappa shape index (κ3) is 5.82. The highest BCUT2D eigenvalue weighted by Crippen LogP contribution is 2.40. The zero-order valence-corrected chi connectivity index (χ0v) is 20.7. The standard InChI is InChI=1S/C26H28F2N2O5S/c1-36(33,34)26-23(20-8-5-9-21(27)24(20)28)25(19-6-3-2-4-7-19)29-30(26)14-17-10-12-18(13-11-17)15-35-16-22(31)32/h2-9,17-18H,10-16H2,1H3,(H,31,32)/t17-,18-. The van der Waals surface area contributed by atoms with Crippen molar-refractivity contribution in [1.29, 1.82) is 0 Å². The van der Waals surface area contributed by atoms with Crippen LogP contribution in [0, 0.1) is 23.5 Å². The number of hydrogen-bond acceptors (Lipinski definition) is 5. The molecule has 1 N–H and O–H groups in total. The minimum Gasteiger partial charge on any atom is -0.480 e. The Balaban J connectivity index is 1.70. The van der Waals surface area contributed by atoms with Crippen LogP contribution in [0.3, 0.4) is 0 Å². The van der Waals surface area contributed by atoms with Gasteiger partial charge in [-0.1, -0.05) is 42.5 Å². The maximum Gasteiger partial charge on any atom is 0.329 e.